The lowest BCUT2D eigenvalue weighted by Gasteiger charge is -2.10. The number of carbonyl (C=O) groups excluding carboxylic acids is 1. The normalized spacial score (nSPS) is 10.4. The molecular weight excluding hydrogens is 331 g/mol. The van der Waals surface area contributed by atoms with Crippen LogP contribution < -0.4 is 10.6 Å². The van der Waals surface area contributed by atoms with E-state index in [1.54, 1.807) is 25.1 Å². The molecule has 3 aromatic rings. The van der Waals surface area contributed by atoms with E-state index in [0.717, 1.165) is 12.0 Å². The molecule has 1 heterocycles. The molecule has 0 aliphatic heterocycles. The lowest BCUT2D eigenvalue weighted by atomic mass is 10.1. The van der Waals surface area contributed by atoms with Crippen molar-refractivity contribution >= 4 is 17.4 Å². The molecule has 0 spiro atoms. The highest BCUT2D eigenvalue weighted by atomic mass is 19.1. The van der Waals surface area contributed by atoms with Crippen molar-refractivity contribution in [3.8, 4) is 0 Å². The first-order valence-corrected chi connectivity index (χ1v) is 8.31. The lowest BCUT2D eigenvalue weighted by Crippen LogP contribution is -2.27. The number of benzene rings is 2. The molecule has 5 nitrogen and oxygen atoms in total. The van der Waals surface area contributed by atoms with Crippen molar-refractivity contribution in [1.82, 2.24) is 15.3 Å². The molecule has 0 atom stereocenters. The number of para-hydroxylation sites is 1. The number of rotatable bonds is 6. The summed E-state index contributed by atoms with van der Waals surface area (Å²) < 4.78 is 13.8. The van der Waals surface area contributed by atoms with Crippen LogP contribution in [-0.4, -0.2) is 22.4 Å². The van der Waals surface area contributed by atoms with Crippen molar-refractivity contribution in [2.45, 2.75) is 13.3 Å². The van der Waals surface area contributed by atoms with Gasteiger partial charge in [-0.1, -0.05) is 42.5 Å². The van der Waals surface area contributed by atoms with Gasteiger partial charge in [0.15, 0.2) is 0 Å². The van der Waals surface area contributed by atoms with Gasteiger partial charge in [-0.25, -0.2) is 14.4 Å². The summed E-state index contributed by atoms with van der Waals surface area (Å²) in [6.07, 6.45) is 0.733. The smallest absolute Gasteiger partial charge is 0.270 e. The molecule has 132 valence electrons. The number of halogens is 1. The Balaban J connectivity index is 1.66. The minimum absolute atomic E-state index is 0.240. The lowest BCUT2D eigenvalue weighted by molar-refractivity contribution is 0.0949. The fourth-order valence-corrected chi connectivity index (χ4v) is 2.50. The Kier molecular flexibility index (Phi) is 5.53. The maximum absolute atomic E-state index is 13.8. The van der Waals surface area contributed by atoms with Gasteiger partial charge in [0.1, 0.15) is 23.2 Å². The minimum atomic E-state index is -0.391. The van der Waals surface area contributed by atoms with Gasteiger partial charge in [0, 0.05) is 12.6 Å². The van der Waals surface area contributed by atoms with Gasteiger partial charge in [0.05, 0.1) is 5.69 Å². The molecule has 0 saturated heterocycles. The quantitative estimate of drug-likeness (QED) is 0.712. The monoisotopic (exact) mass is 350 g/mol. The van der Waals surface area contributed by atoms with E-state index in [4.69, 9.17) is 0 Å². The molecule has 0 saturated carbocycles. The predicted octanol–water partition coefficient (Wildman–Crippen LogP) is 3.64. The van der Waals surface area contributed by atoms with Gasteiger partial charge in [-0.15, -0.1) is 0 Å². The van der Waals surface area contributed by atoms with Gasteiger partial charge in [0.25, 0.3) is 5.91 Å². The Morgan fingerprint density at radius 3 is 2.54 bits per heavy atom. The van der Waals surface area contributed by atoms with Gasteiger partial charge < -0.3 is 10.6 Å². The van der Waals surface area contributed by atoms with E-state index in [1.807, 2.05) is 30.3 Å². The Labute approximate surface area is 151 Å². The molecule has 1 aromatic heterocycles. The first kappa shape index (κ1) is 17.5. The summed E-state index contributed by atoms with van der Waals surface area (Å²) in [6, 6.07) is 17.7. The molecule has 0 unspecified atom stereocenters. The predicted molar refractivity (Wildman–Crippen MR) is 98.9 cm³/mol. The van der Waals surface area contributed by atoms with Crippen LogP contribution in [0.2, 0.25) is 0 Å². The maximum atomic E-state index is 13.8. The van der Waals surface area contributed by atoms with Crippen molar-refractivity contribution in [2.24, 2.45) is 0 Å². The van der Waals surface area contributed by atoms with E-state index in [1.165, 1.54) is 12.1 Å². The molecule has 3 rings (SSSR count). The number of nitrogens with zero attached hydrogens (tertiary/aromatic N) is 2. The van der Waals surface area contributed by atoms with Crippen molar-refractivity contribution in [1.29, 1.82) is 0 Å². The Hall–Kier alpha value is -3.28. The number of nitrogens with one attached hydrogen (secondary N) is 2. The standard InChI is InChI=1S/C20H19FN4O/c1-14-23-18(20(26)22-12-11-15-7-3-2-4-8-15)13-19(24-14)25-17-10-6-5-9-16(17)21/h2-10,13H,11-12H2,1H3,(H,22,26)(H,23,24,25). The summed E-state index contributed by atoms with van der Waals surface area (Å²) in [4.78, 5) is 20.7. The second-order valence-electron chi connectivity index (χ2n) is 5.78. The number of hydrogen-bond donors (Lipinski definition) is 2. The van der Waals surface area contributed by atoms with E-state index in [-0.39, 0.29) is 11.6 Å². The molecule has 2 aromatic carbocycles. The first-order chi connectivity index (χ1) is 12.6. The zero-order chi connectivity index (χ0) is 18.4. The van der Waals surface area contributed by atoms with E-state index in [2.05, 4.69) is 20.6 Å². The van der Waals surface area contributed by atoms with E-state index >= 15 is 0 Å². The molecule has 0 fully saturated rings. The van der Waals surface area contributed by atoms with Crippen LogP contribution >= 0.6 is 0 Å². The van der Waals surface area contributed by atoms with Gasteiger partial charge in [-0.2, -0.15) is 0 Å². The van der Waals surface area contributed by atoms with Crippen LogP contribution in [-0.2, 0) is 6.42 Å². The highest BCUT2D eigenvalue weighted by Gasteiger charge is 2.11. The zero-order valence-corrected chi connectivity index (χ0v) is 14.4. The minimum Gasteiger partial charge on any atom is -0.350 e. The fraction of sp³-hybridized carbons (Fsp3) is 0.150. The third-order valence-electron chi connectivity index (χ3n) is 3.75. The van der Waals surface area contributed by atoms with Crippen LogP contribution in [0.4, 0.5) is 15.9 Å². The Morgan fingerprint density at radius 1 is 1.04 bits per heavy atom. The highest BCUT2D eigenvalue weighted by molar-refractivity contribution is 5.93. The number of anilines is 2. The van der Waals surface area contributed by atoms with E-state index < -0.39 is 5.82 Å². The molecule has 26 heavy (non-hydrogen) atoms. The Morgan fingerprint density at radius 2 is 1.77 bits per heavy atom. The summed E-state index contributed by atoms with van der Waals surface area (Å²) in [7, 11) is 0. The molecule has 6 heteroatoms. The molecular formula is C20H19FN4O. The molecule has 1 amide bonds. The number of aromatic nitrogens is 2. The van der Waals surface area contributed by atoms with E-state index in [9.17, 15) is 9.18 Å². The average molecular weight is 350 g/mol. The van der Waals surface area contributed by atoms with Crippen molar-refractivity contribution in [3.05, 3.63) is 83.6 Å². The van der Waals surface area contributed by atoms with Crippen LogP contribution in [0.25, 0.3) is 0 Å². The average Bonchev–Trinajstić information content (AvgIpc) is 2.64. The summed E-state index contributed by atoms with van der Waals surface area (Å²) in [5, 5.41) is 5.73. The van der Waals surface area contributed by atoms with Crippen LogP contribution in [0.15, 0.2) is 60.7 Å². The number of aryl methyl sites for hydroxylation is 1. The molecule has 0 aliphatic rings. The van der Waals surface area contributed by atoms with Crippen LogP contribution in [0, 0.1) is 12.7 Å². The molecule has 0 radical (unpaired) electrons. The van der Waals surface area contributed by atoms with Gasteiger partial charge in [-0.05, 0) is 31.0 Å². The number of carbonyl (C=O) groups is 1. The van der Waals surface area contributed by atoms with Crippen molar-refractivity contribution in [3.63, 3.8) is 0 Å². The van der Waals surface area contributed by atoms with Crippen LogP contribution in [0.3, 0.4) is 0 Å². The molecule has 0 bridgehead atoms. The molecule has 0 aliphatic carbocycles. The van der Waals surface area contributed by atoms with Crippen molar-refractivity contribution < 1.29 is 9.18 Å². The second-order valence-corrected chi connectivity index (χ2v) is 5.78. The third-order valence-corrected chi connectivity index (χ3v) is 3.75. The SMILES string of the molecule is Cc1nc(Nc2ccccc2F)cc(C(=O)NCCc2ccccc2)n1. The first-order valence-electron chi connectivity index (χ1n) is 8.31. The van der Waals surface area contributed by atoms with Gasteiger partial charge >= 0.3 is 0 Å². The van der Waals surface area contributed by atoms with E-state index in [0.29, 0.717) is 23.9 Å². The number of hydrogen-bond acceptors (Lipinski definition) is 4. The molecule has 2 N–H and O–H groups in total. The fourth-order valence-electron chi connectivity index (χ4n) is 2.50. The number of amides is 1. The zero-order valence-electron chi connectivity index (χ0n) is 14.4. The maximum Gasteiger partial charge on any atom is 0.270 e. The van der Waals surface area contributed by atoms with Gasteiger partial charge in [0.2, 0.25) is 0 Å². The second kappa shape index (κ2) is 8.20. The highest BCUT2D eigenvalue weighted by Crippen LogP contribution is 2.18. The summed E-state index contributed by atoms with van der Waals surface area (Å²) in [5.74, 6) is 0.121. The summed E-state index contributed by atoms with van der Waals surface area (Å²) in [6.45, 7) is 2.19. The van der Waals surface area contributed by atoms with Crippen molar-refractivity contribution in [2.75, 3.05) is 11.9 Å². The summed E-state index contributed by atoms with van der Waals surface area (Å²) >= 11 is 0. The topological polar surface area (TPSA) is 66.9 Å². The third kappa shape index (κ3) is 4.63. The summed E-state index contributed by atoms with van der Waals surface area (Å²) in [5.41, 5.74) is 1.68. The largest absolute Gasteiger partial charge is 0.350 e. The van der Waals surface area contributed by atoms with Gasteiger partial charge in [-0.3, -0.25) is 4.79 Å². The van der Waals surface area contributed by atoms with Crippen LogP contribution in [0.1, 0.15) is 21.9 Å². The Bertz CT molecular complexity index is 899. The van der Waals surface area contributed by atoms with Crippen LogP contribution in [0.5, 0.6) is 0 Å².